The lowest BCUT2D eigenvalue weighted by Crippen LogP contribution is -2.09. The van der Waals surface area contributed by atoms with Gasteiger partial charge in [-0.25, -0.2) is 4.99 Å². The maximum Gasteiger partial charge on any atom is 0.198 e. The fraction of sp³-hybridized carbons (Fsp3) is 0.304. The number of hydrogen-bond acceptors (Lipinski definition) is 6. The van der Waals surface area contributed by atoms with Gasteiger partial charge in [-0.3, -0.25) is 14.6 Å². The number of aromatic hydroxyl groups is 1. The van der Waals surface area contributed by atoms with Crippen molar-refractivity contribution in [1.29, 1.82) is 0 Å². The predicted octanol–water partition coefficient (Wildman–Crippen LogP) is 4.06. The molecular formula is C23H26N6O2. The van der Waals surface area contributed by atoms with Crippen LogP contribution in [0.3, 0.4) is 0 Å². The van der Waals surface area contributed by atoms with E-state index in [9.17, 15) is 10.2 Å². The second-order valence-corrected chi connectivity index (χ2v) is 7.86. The lowest BCUT2D eigenvalue weighted by atomic mass is 10.0. The van der Waals surface area contributed by atoms with E-state index in [-0.39, 0.29) is 12.0 Å². The Labute approximate surface area is 180 Å². The van der Waals surface area contributed by atoms with Gasteiger partial charge in [0, 0.05) is 41.6 Å². The first-order valence-electron chi connectivity index (χ1n) is 10.2. The SMILES string of the molecule is CC(=Nc1cc(C)n(CC[C@@H](C)O)n1)c1c(O)[nH]c2cnc(-c3cnccc3C)cc12. The van der Waals surface area contributed by atoms with Crippen molar-refractivity contribution in [3.8, 4) is 17.1 Å². The Balaban J connectivity index is 1.73. The number of pyridine rings is 2. The van der Waals surface area contributed by atoms with E-state index < -0.39 is 0 Å². The molecule has 0 fully saturated rings. The number of aliphatic hydroxyl groups is 1. The zero-order valence-electron chi connectivity index (χ0n) is 18.1. The molecule has 1 atom stereocenters. The normalized spacial score (nSPS) is 13.1. The summed E-state index contributed by atoms with van der Waals surface area (Å²) < 4.78 is 1.83. The minimum Gasteiger partial charge on any atom is -0.494 e. The highest BCUT2D eigenvalue weighted by atomic mass is 16.3. The molecule has 0 radical (unpaired) electrons. The fourth-order valence-electron chi connectivity index (χ4n) is 3.64. The maximum atomic E-state index is 10.6. The molecule has 0 unspecified atom stereocenters. The third-order valence-corrected chi connectivity index (χ3v) is 5.35. The molecule has 0 aliphatic rings. The van der Waals surface area contributed by atoms with Gasteiger partial charge in [0.05, 0.1) is 34.8 Å². The zero-order valence-corrected chi connectivity index (χ0v) is 18.1. The molecule has 0 saturated carbocycles. The second kappa shape index (κ2) is 8.31. The van der Waals surface area contributed by atoms with E-state index in [2.05, 4.69) is 25.0 Å². The molecule has 4 aromatic heterocycles. The highest BCUT2D eigenvalue weighted by molar-refractivity contribution is 6.13. The van der Waals surface area contributed by atoms with Crippen LogP contribution in [0.4, 0.5) is 5.82 Å². The molecule has 160 valence electrons. The first-order valence-corrected chi connectivity index (χ1v) is 10.2. The lowest BCUT2D eigenvalue weighted by Gasteiger charge is -2.06. The van der Waals surface area contributed by atoms with E-state index in [1.165, 1.54) is 0 Å². The van der Waals surface area contributed by atoms with Gasteiger partial charge in [0.25, 0.3) is 0 Å². The second-order valence-electron chi connectivity index (χ2n) is 7.86. The van der Waals surface area contributed by atoms with Crippen LogP contribution < -0.4 is 0 Å². The molecule has 0 spiro atoms. The van der Waals surface area contributed by atoms with Crippen LogP contribution in [0.2, 0.25) is 0 Å². The van der Waals surface area contributed by atoms with Gasteiger partial charge in [0.2, 0.25) is 0 Å². The third kappa shape index (κ3) is 4.20. The summed E-state index contributed by atoms with van der Waals surface area (Å²) in [4.78, 5) is 16.4. The molecule has 0 bridgehead atoms. The molecule has 8 heteroatoms. The Morgan fingerprint density at radius 3 is 2.81 bits per heavy atom. The van der Waals surface area contributed by atoms with E-state index in [4.69, 9.17) is 0 Å². The van der Waals surface area contributed by atoms with Crippen molar-refractivity contribution in [2.45, 2.75) is 46.8 Å². The molecule has 0 aliphatic heterocycles. The quantitative estimate of drug-likeness (QED) is 0.409. The number of aliphatic imine (C=N–C) groups is 1. The highest BCUT2D eigenvalue weighted by Gasteiger charge is 2.16. The molecule has 4 aromatic rings. The van der Waals surface area contributed by atoms with Gasteiger partial charge in [0.1, 0.15) is 0 Å². The number of H-pyrrole nitrogens is 1. The minimum atomic E-state index is -0.383. The van der Waals surface area contributed by atoms with Crippen molar-refractivity contribution >= 4 is 22.4 Å². The number of hydrogen-bond donors (Lipinski definition) is 3. The van der Waals surface area contributed by atoms with Gasteiger partial charge < -0.3 is 15.2 Å². The monoisotopic (exact) mass is 418 g/mol. The van der Waals surface area contributed by atoms with Crippen LogP contribution in [0.25, 0.3) is 22.2 Å². The van der Waals surface area contributed by atoms with Gasteiger partial charge in [-0.2, -0.15) is 5.10 Å². The number of aryl methyl sites for hydroxylation is 3. The number of fused-ring (bicyclic) bond motifs is 1. The number of aliphatic hydroxyl groups excluding tert-OH is 1. The first-order chi connectivity index (χ1) is 14.8. The van der Waals surface area contributed by atoms with E-state index >= 15 is 0 Å². The molecule has 3 N–H and O–H groups in total. The summed E-state index contributed by atoms with van der Waals surface area (Å²) >= 11 is 0. The van der Waals surface area contributed by atoms with Crippen LogP contribution in [-0.4, -0.2) is 46.8 Å². The largest absolute Gasteiger partial charge is 0.494 e. The summed E-state index contributed by atoms with van der Waals surface area (Å²) in [7, 11) is 0. The molecular weight excluding hydrogens is 392 g/mol. The zero-order chi connectivity index (χ0) is 22.1. The van der Waals surface area contributed by atoms with Crippen LogP contribution in [0.5, 0.6) is 5.88 Å². The summed E-state index contributed by atoms with van der Waals surface area (Å²) in [5.74, 6) is 0.607. The van der Waals surface area contributed by atoms with Crippen LogP contribution in [0.1, 0.15) is 37.1 Å². The van der Waals surface area contributed by atoms with Crippen LogP contribution in [0, 0.1) is 13.8 Å². The molecule has 0 aromatic carbocycles. The Morgan fingerprint density at radius 2 is 2.06 bits per heavy atom. The highest BCUT2D eigenvalue weighted by Crippen LogP contribution is 2.32. The molecule has 0 amide bonds. The summed E-state index contributed by atoms with van der Waals surface area (Å²) in [5, 5.41) is 25.5. The number of nitrogens with zero attached hydrogens (tertiary/aromatic N) is 5. The molecule has 0 saturated heterocycles. The van der Waals surface area contributed by atoms with E-state index in [1.54, 1.807) is 25.5 Å². The summed E-state index contributed by atoms with van der Waals surface area (Å²) in [5.41, 5.74) is 5.76. The summed E-state index contributed by atoms with van der Waals surface area (Å²) in [6, 6.07) is 5.78. The first kappa shape index (κ1) is 20.7. The minimum absolute atomic E-state index is 0.0448. The number of rotatable bonds is 6. The van der Waals surface area contributed by atoms with Crippen LogP contribution in [-0.2, 0) is 6.54 Å². The smallest absolute Gasteiger partial charge is 0.198 e. The van der Waals surface area contributed by atoms with Gasteiger partial charge >= 0.3 is 0 Å². The Kier molecular flexibility index (Phi) is 5.56. The lowest BCUT2D eigenvalue weighted by molar-refractivity contribution is 0.176. The predicted molar refractivity (Wildman–Crippen MR) is 121 cm³/mol. The Hall–Kier alpha value is -3.52. The van der Waals surface area contributed by atoms with E-state index in [0.717, 1.165) is 33.4 Å². The summed E-state index contributed by atoms with van der Waals surface area (Å²) in [6.07, 6.45) is 5.50. The van der Waals surface area contributed by atoms with E-state index in [1.807, 2.05) is 43.7 Å². The van der Waals surface area contributed by atoms with Crippen molar-refractivity contribution < 1.29 is 10.2 Å². The van der Waals surface area contributed by atoms with Gasteiger partial charge in [-0.05, 0) is 51.8 Å². The third-order valence-electron chi connectivity index (χ3n) is 5.35. The van der Waals surface area contributed by atoms with Gasteiger partial charge in [0.15, 0.2) is 11.7 Å². The van der Waals surface area contributed by atoms with Crippen molar-refractivity contribution in [3.05, 3.63) is 53.6 Å². The molecule has 4 heterocycles. The Bertz CT molecular complexity index is 1270. The fourth-order valence-corrected chi connectivity index (χ4v) is 3.64. The molecule has 8 nitrogen and oxygen atoms in total. The van der Waals surface area contributed by atoms with E-state index in [0.29, 0.717) is 30.1 Å². The van der Waals surface area contributed by atoms with Gasteiger partial charge in [-0.15, -0.1) is 0 Å². The van der Waals surface area contributed by atoms with Crippen molar-refractivity contribution in [2.24, 2.45) is 4.99 Å². The number of aromatic nitrogens is 5. The molecule has 31 heavy (non-hydrogen) atoms. The standard InChI is InChI=1S/C23H26N6O2/c1-13-5-7-24-11-18(13)19-10-17-20(12-25-19)27-23(31)22(17)16(4)26-21-9-14(2)29(28-21)8-6-15(3)30/h5,7,9-12,15,27,30-31H,6,8H2,1-4H3/t15-/m1/s1. The summed E-state index contributed by atoms with van der Waals surface area (Å²) in [6.45, 7) is 8.21. The average molecular weight is 419 g/mol. The molecule has 0 aliphatic carbocycles. The molecule has 4 rings (SSSR count). The van der Waals surface area contributed by atoms with Crippen molar-refractivity contribution in [3.63, 3.8) is 0 Å². The van der Waals surface area contributed by atoms with Crippen molar-refractivity contribution in [2.75, 3.05) is 0 Å². The maximum absolute atomic E-state index is 10.6. The number of aromatic amines is 1. The van der Waals surface area contributed by atoms with Crippen molar-refractivity contribution in [1.82, 2.24) is 24.7 Å². The Morgan fingerprint density at radius 1 is 1.26 bits per heavy atom. The average Bonchev–Trinajstić information content (AvgIpc) is 3.24. The van der Waals surface area contributed by atoms with Crippen LogP contribution >= 0.6 is 0 Å². The number of nitrogens with one attached hydrogen (secondary N) is 1. The van der Waals surface area contributed by atoms with Crippen LogP contribution in [0.15, 0.2) is 41.8 Å². The van der Waals surface area contributed by atoms with Gasteiger partial charge in [-0.1, -0.05) is 0 Å². The topological polar surface area (TPSA) is 112 Å².